The lowest BCUT2D eigenvalue weighted by molar-refractivity contribution is 0.317. The molecule has 22 heavy (non-hydrogen) atoms. The molecule has 5 heteroatoms. The van der Waals surface area contributed by atoms with Crippen molar-refractivity contribution in [3.05, 3.63) is 47.0 Å². The number of benzene rings is 2. The molecule has 116 valence electrons. The van der Waals surface area contributed by atoms with Crippen molar-refractivity contribution in [3.8, 4) is 23.0 Å². The highest BCUT2D eigenvalue weighted by molar-refractivity contribution is 5.52. The molecule has 4 N–H and O–H groups in total. The second kappa shape index (κ2) is 5.77. The normalized spacial score (nSPS) is 17.0. The fourth-order valence-electron chi connectivity index (χ4n) is 2.86. The van der Waals surface area contributed by atoms with E-state index < -0.39 is 0 Å². The van der Waals surface area contributed by atoms with Crippen LogP contribution in [-0.2, 0) is 6.42 Å². The molecular formula is C17H19NO4. The largest absolute Gasteiger partial charge is 0.504 e. The SMILES string of the molecule is CCOc1cc(C2NCCc3cc(O)c(O)cc32)ccc1O. The van der Waals surface area contributed by atoms with Crippen LogP contribution >= 0.6 is 0 Å². The van der Waals surface area contributed by atoms with Crippen LogP contribution in [0.15, 0.2) is 30.3 Å². The van der Waals surface area contributed by atoms with E-state index in [-0.39, 0.29) is 23.3 Å². The van der Waals surface area contributed by atoms with E-state index in [1.165, 1.54) is 0 Å². The Morgan fingerprint density at radius 2 is 1.86 bits per heavy atom. The fraction of sp³-hybridized carbons (Fsp3) is 0.294. The zero-order chi connectivity index (χ0) is 15.7. The lowest BCUT2D eigenvalue weighted by atomic mass is 9.89. The Balaban J connectivity index is 2.04. The Morgan fingerprint density at radius 1 is 1.09 bits per heavy atom. The lowest BCUT2D eigenvalue weighted by Crippen LogP contribution is -2.30. The Bertz CT molecular complexity index is 699. The van der Waals surface area contributed by atoms with Gasteiger partial charge in [-0.15, -0.1) is 0 Å². The van der Waals surface area contributed by atoms with Crippen LogP contribution in [0.25, 0.3) is 0 Å². The number of fused-ring (bicyclic) bond motifs is 1. The zero-order valence-electron chi connectivity index (χ0n) is 12.3. The van der Waals surface area contributed by atoms with Gasteiger partial charge < -0.3 is 25.4 Å². The van der Waals surface area contributed by atoms with E-state index in [1.807, 2.05) is 13.0 Å². The average molecular weight is 301 g/mol. The minimum Gasteiger partial charge on any atom is -0.504 e. The first-order valence-electron chi connectivity index (χ1n) is 7.34. The van der Waals surface area contributed by atoms with E-state index in [4.69, 9.17) is 4.74 Å². The predicted octanol–water partition coefficient (Wildman–Crippen LogP) is 2.44. The molecule has 0 aromatic heterocycles. The van der Waals surface area contributed by atoms with E-state index >= 15 is 0 Å². The molecule has 2 aromatic rings. The van der Waals surface area contributed by atoms with Gasteiger partial charge >= 0.3 is 0 Å². The number of phenolic OH excluding ortho intramolecular Hbond substituents is 3. The molecule has 3 rings (SSSR count). The van der Waals surface area contributed by atoms with Crippen LogP contribution in [-0.4, -0.2) is 28.5 Å². The van der Waals surface area contributed by atoms with Gasteiger partial charge in [0.2, 0.25) is 0 Å². The van der Waals surface area contributed by atoms with E-state index in [1.54, 1.807) is 24.3 Å². The van der Waals surface area contributed by atoms with Crippen LogP contribution in [0.1, 0.15) is 29.7 Å². The van der Waals surface area contributed by atoms with Crippen LogP contribution < -0.4 is 10.1 Å². The summed E-state index contributed by atoms with van der Waals surface area (Å²) in [6.45, 7) is 3.11. The summed E-state index contributed by atoms with van der Waals surface area (Å²) in [5.74, 6) is 0.323. The van der Waals surface area contributed by atoms with Crippen LogP contribution in [0.2, 0.25) is 0 Å². The average Bonchev–Trinajstić information content (AvgIpc) is 2.50. The van der Waals surface area contributed by atoms with Gasteiger partial charge in [-0.25, -0.2) is 0 Å². The van der Waals surface area contributed by atoms with Crippen LogP contribution in [0.4, 0.5) is 0 Å². The maximum Gasteiger partial charge on any atom is 0.161 e. The summed E-state index contributed by atoms with van der Waals surface area (Å²) in [6.07, 6.45) is 0.788. The third-order valence-electron chi connectivity index (χ3n) is 3.91. The monoisotopic (exact) mass is 301 g/mol. The van der Waals surface area contributed by atoms with Crippen molar-refractivity contribution in [3.63, 3.8) is 0 Å². The number of ether oxygens (including phenoxy) is 1. The topological polar surface area (TPSA) is 82.0 Å². The van der Waals surface area contributed by atoms with Gasteiger partial charge in [0.25, 0.3) is 0 Å². The molecule has 1 atom stereocenters. The van der Waals surface area contributed by atoms with Gasteiger partial charge in [0.15, 0.2) is 23.0 Å². The second-order valence-electron chi connectivity index (χ2n) is 5.34. The van der Waals surface area contributed by atoms with E-state index in [9.17, 15) is 15.3 Å². The number of phenols is 3. The Hall–Kier alpha value is -2.40. The number of hydrogen-bond acceptors (Lipinski definition) is 5. The molecule has 0 amide bonds. The first-order valence-corrected chi connectivity index (χ1v) is 7.34. The third-order valence-corrected chi connectivity index (χ3v) is 3.91. The van der Waals surface area contributed by atoms with Crippen molar-refractivity contribution in [1.82, 2.24) is 5.32 Å². The molecular weight excluding hydrogens is 282 g/mol. The molecule has 0 spiro atoms. The van der Waals surface area contributed by atoms with Crippen LogP contribution in [0.5, 0.6) is 23.0 Å². The van der Waals surface area contributed by atoms with Crippen molar-refractivity contribution < 1.29 is 20.1 Å². The van der Waals surface area contributed by atoms with Gasteiger partial charge in [-0.05, 0) is 54.3 Å². The Labute approximate surface area is 128 Å². The summed E-state index contributed by atoms with van der Waals surface area (Å²) in [7, 11) is 0. The molecule has 1 heterocycles. The zero-order valence-corrected chi connectivity index (χ0v) is 12.3. The fourth-order valence-corrected chi connectivity index (χ4v) is 2.86. The van der Waals surface area contributed by atoms with Gasteiger partial charge in [0.05, 0.1) is 12.6 Å². The number of nitrogens with one attached hydrogen (secondary N) is 1. The maximum atomic E-state index is 9.82. The van der Waals surface area contributed by atoms with Crippen LogP contribution in [0.3, 0.4) is 0 Å². The van der Waals surface area contributed by atoms with Gasteiger partial charge in [0.1, 0.15) is 0 Å². The summed E-state index contributed by atoms with van der Waals surface area (Å²) < 4.78 is 5.43. The molecule has 0 saturated carbocycles. The molecule has 0 saturated heterocycles. The minimum absolute atomic E-state index is 0.0971. The highest BCUT2D eigenvalue weighted by Gasteiger charge is 2.24. The quantitative estimate of drug-likeness (QED) is 0.655. The van der Waals surface area contributed by atoms with Crippen molar-refractivity contribution in [1.29, 1.82) is 0 Å². The molecule has 2 aromatic carbocycles. The van der Waals surface area contributed by atoms with E-state index in [0.29, 0.717) is 12.4 Å². The Morgan fingerprint density at radius 3 is 2.64 bits per heavy atom. The second-order valence-corrected chi connectivity index (χ2v) is 5.34. The number of hydrogen-bond donors (Lipinski definition) is 4. The lowest BCUT2D eigenvalue weighted by Gasteiger charge is -2.28. The van der Waals surface area contributed by atoms with Crippen molar-refractivity contribution >= 4 is 0 Å². The summed E-state index contributed by atoms with van der Waals surface area (Å²) in [4.78, 5) is 0. The molecule has 0 radical (unpaired) electrons. The van der Waals surface area contributed by atoms with Crippen LogP contribution in [0, 0.1) is 0 Å². The van der Waals surface area contributed by atoms with Crippen molar-refractivity contribution in [2.24, 2.45) is 0 Å². The molecule has 5 nitrogen and oxygen atoms in total. The molecule has 1 aliphatic rings. The Kier molecular flexibility index (Phi) is 3.81. The smallest absolute Gasteiger partial charge is 0.161 e. The predicted molar refractivity (Wildman–Crippen MR) is 82.6 cm³/mol. The van der Waals surface area contributed by atoms with Gasteiger partial charge in [-0.2, -0.15) is 0 Å². The minimum atomic E-state index is -0.128. The van der Waals surface area contributed by atoms with E-state index in [2.05, 4.69) is 5.32 Å². The van der Waals surface area contributed by atoms with Gasteiger partial charge in [-0.1, -0.05) is 6.07 Å². The molecule has 1 aliphatic heterocycles. The summed E-state index contributed by atoms with van der Waals surface area (Å²) in [5, 5.41) is 32.7. The first kappa shape index (κ1) is 14.5. The highest BCUT2D eigenvalue weighted by Crippen LogP contribution is 2.38. The molecule has 0 aliphatic carbocycles. The number of rotatable bonds is 3. The van der Waals surface area contributed by atoms with E-state index in [0.717, 1.165) is 29.7 Å². The molecule has 0 fully saturated rings. The highest BCUT2D eigenvalue weighted by atomic mass is 16.5. The van der Waals surface area contributed by atoms with Crippen molar-refractivity contribution in [2.45, 2.75) is 19.4 Å². The third kappa shape index (κ3) is 2.55. The van der Waals surface area contributed by atoms with Crippen molar-refractivity contribution in [2.75, 3.05) is 13.2 Å². The standard InChI is InChI=1S/C17H19NO4/c1-2-22-16-8-11(3-4-13(16)19)17-12-9-15(21)14(20)7-10(12)5-6-18-17/h3-4,7-9,17-21H,2,5-6H2,1H3. The summed E-state index contributed by atoms with van der Waals surface area (Å²) in [6, 6.07) is 8.33. The first-order chi connectivity index (χ1) is 10.6. The summed E-state index contributed by atoms with van der Waals surface area (Å²) in [5.41, 5.74) is 2.87. The summed E-state index contributed by atoms with van der Waals surface area (Å²) >= 11 is 0. The maximum absolute atomic E-state index is 9.82. The molecule has 0 bridgehead atoms. The number of aromatic hydroxyl groups is 3. The molecule has 1 unspecified atom stereocenters. The van der Waals surface area contributed by atoms with Gasteiger partial charge in [-0.3, -0.25) is 0 Å². The van der Waals surface area contributed by atoms with Gasteiger partial charge in [0, 0.05) is 6.54 Å².